The minimum atomic E-state index is -1.35. The van der Waals surface area contributed by atoms with Crippen LogP contribution < -0.4 is 10.1 Å². The van der Waals surface area contributed by atoms with Crippen molar-refractivity contribution < 1.29 is 52.0 Å². The van der Waals surface area contributed by atoms with Gasteiger partial charge in [0.05, 0.1) is 7.11 Å². The normalized spacial score (nSPS) is 23.4. The number of aromatic nitrogens is 3. The lowest BCUT2D eigenvalue weighted by Gasteiger charge is -2.44. The number of hydrogen-bond donors (Lipinski definition) is 1. The maximum absolute atomic E-state index is 12.0. The fourth-order valence-corrected chi connectivity index (χ4v) is 3.58. The van der Waals surface area contributed by atoms with Crippen molar-refractivity contribution in [3.8, 4) is 6.01 Å². The molecule has 0 bridgehead atoms. The maximum atomic E-state index is 12.0. The highest BCUT2D eigenvalue weighted by atomic mass is 16.7. The molecule has 0 radical (unpaired) electrons. The zero-order valence-corrected chi connectivity index (χ0v) is 20.4. The Balaban J connectivity index is 2.07. The summed E-state index contributed by atoms with van der Waals surface area (Å²) < 4.78 is 37.8. The van der Waals surface area contributed by atoms with E-state index in [1.165, 1.54) is 14.0 Å². The van der Waals surface area contributed by atoms with E-state index < -0.39 is 54.5 Å². The Morgan fingerprint density at radius 2 is 1.47 bits per heavy atom. The van der Waals surface area contributed by atoms with Gasteiger partial charge in [-0.15, -0.1) is 0 Å². The second-order valence-electron chi connectivity index (χ2n) is 7.71. The number of fused-ring (bicyclic) bond motifs is 1. The van der Waals surface area contributed by atoms with Gasteiger partial charge in [0.25, 0.3) is 5.71 Å². The molecule has 1 saturated heterocycles. The molecule has 36 heavy (non-hydrogen) atoms. The molecule has 15 nitrogen and oxygen atoms in total. The fraction of sp³-hybridized carbons (Fsp3) is 0.571. The lowest BCUT2D eigenvalue weighted by molar-refractivity contribution is -0.247. The van der Waals surface area contributed by atoms with Crippen LogP contribution in [0.15, 0.2) is 4.42 Å². The number of nitrogens with one attached hydrogen (secondary N) is 1. The summed E-state index contributed by atoms with van der Waals surface area (Å²) in [5.41, 5.74) is 0.314. The highest BCUT2D eigenvalue weighted by molar-refractivity contribution is 5.82. The third kappa shape index (κ3) is 6.35. The molecule has 0 amide bonds. The number of anilines is 1. The van der Waals surface area contributed by atoms with E-state index in [0.29, 0.717) is 0 Å². The molecule has 0 saturated carbocycles. The van der Waals surface area contributed by atoms with E-state index in [2.05, 4.69) is 20.3 Å². The molecule has 2 aromatic rings. The van der Waals surface area contributed by atoms with Crippen molar-refractivity contribution in [2.45, 2.75) is 65.3 Å². The number of hydrogen-bond acceptors (Lipinski definition) is 15. The highest BCUT2D eigenvalue weighted by Gasteiger charge is 2.52. The van der Waals surface area contributed by atoms with Gasteiger partial charge in [-0.3, -0.25) is 19.2 Å². The van der Waals surface area contributed by atoms with Gasteiger partial charge in [0, 0.05) is 34.6 Å². The van der Waals surface area contributed by atoms with Gasteiger partial charge < -0.3 is 38.2 Å². The van der Waals surface area contributed by atoms with Gasteiger partial charge in [0.2, 0.25) is 0 Å². The number of carbonyl (C=O) groups is 4. The van der Waals surface area contributed by atoms with Crippen LogP contribution in [0.25, 0.3) is 11.2 Å². The van der Waals surface area contributed by atoms with Crippen molar-refractivity contribution in [2.24, 2.45) is 0 Å². The Kier molecular flexibility index (Phi) is 8.24. The van der Waals surface area contributed by atoms with Crippen molar-refractivity contribution in [1.29, 1.82) is 0 Å². The molecule has 1 aliphatic heterocycles. The Morgan fingerprint density at radius 3 is 2.06 bits per heavy atom. The van der Waals surface area contributed by atoms with Gasteiger partial charge in [-0.1, -0.05) is 0 Å². The largest absolute Gasteiger partial charge is 0.467 e. The van der Waals surface area contributed by atoms with Crippen LogP contribution in [0.5, 0.6) is 6.01 Å². The molecule has 1 fully saturated rings. The average molecular weight is 510 g/mol. The molecule has 0 unspecified atom stereocenters. The highest BCUT2D eigenvalue weighted by Crippen LogP contribution is 2.32. The number of methoxy groups -OCH3 is 1. The number of carbonyl (C=O) groups excluding carboxylic acids is 4. The second-order valence-corrected chi connectivity index (χ2v) is 7.71. The first kappa shape index (κ1) is 26.6. The van der Waals surface area contributed by atoms with Crippen LogP contribution in [0.4, 0.5) is 5.82 Å². The molecular formula is C21H26N4O11. The Morgan fingerprint density at radius 1 is 0.861 bits per heavy atom. The van der Waals surface area contributed by atoms with Crippen molar-refractivity contribution in [1.82, 2.24) is 15.0 Å². The van der Waals surface area contributed by atoms with Crippen molar-refractivity contribution in [3.05, 3.63) is 5.89 Å². The molecular weight excluding hydrogens is 484 g/mol. The summed E-state index contributed by atoms with van der Waals surface area (Å²) in [5, 5.41) is 2.94. The van der Waals surface area contributed by atoms with E-state index in [0.717, 1.165) is 20.8 Å². The zero-order chi connectivity index (χ0) is 26.6. The number of ether oxygens (including phenoxy) is 6. The topological polar surface area (TPSA) is 188 Å². The van der Waals surface area contributed by atoms with E-state index in [-0.39, 0.29) is 35.6 Å². The molecule has 0 aliphatic carbocycles. The predicted molar refractivity (Wildman–Crippen MR) is 116 cm³/mol. The third-order valence-electron chi connectivity index (χ3n) is 4.80. The molecule has 2 aromatic heterocycles. The van der Waals surface area contributed by atoms with Crippen LogP contribution in [0.1, 0.15) is 33.6 Å². The molecule has 0 spiro atoms. The first-order valence-electron chi connectivity index (χ1n) is 10.7. The van der Waals surface area contributed by atoms with E-state index in [1.807, 2.05) is 0 Å². The first-order chi connectivity index (χ1) is 17.0. The summed E-state index contributed by atoms with van der Waals surface area (Å²) in [6, 6.07) is -0.0632. The molecule has 15 heteroatoms. The minimum absolute atomic E-state index is 0.0632. The predicted octanol–water partition coefficient (Wildman–Crippen LogP) is 0.430. The second kappa shape index (κ2) is 11.2. The minimum Gasteiger partial charge on any atom is -0.467 e. The first-order valence-corrected chi connectivity index (χ1v) is 10.7. The zero-order valence-electron chi connectivity index (χ0n) is 20.4. The van der Waals surface area contributed by atoms with Crippen LogP contribution in [0.2, 0.25) is 0 Å². The molecule has 1 aliphatic rings. The summed E-state index contributed by atoms with van der Waals surface area (Å²) in [5.74, 6) is -2.49. The molecule has 1 N–H and O–H groups in total. The van der Waals surface area contributed by atoms with Gasteiger partial charge in [-0.05, 0) is 0 Å². The summed E-state index contributed by atoms with van der Waals surface area (Å²) in [4.78, 5) is 59.8. The number of aryl methyl sites for hydroxylation is 1. The number of esters is 4. The SMILES string of the molecule is COc1nc(N[C@@H]2O[C@H](COC(C)=O)[C@@H](OC(C)=O)[C@H](OC(C)=O)[C@H]2OC(C)=O)c2nc(C)oc2n1. The van der Waals surface area contributed by atoms with Crippen molar-refractivity contribution in [2.75, 3.05) is 19.0 Å². The smallest absolute Gasteiger partial charge is 0.321 e. The summed E-state index contributed by atoms with van der Waals surface area (Å²) in [6.45, 7) is 5.82. The molecule has 3 heterocycles. The number of rotatable bonds is 8. The number of nitrogens with zero attached hydrogens (tertiary/aromatic N) is 3. The molecule has 0 aromatic carbocycles. The molecule has 3 rings (SSSR count). The van der Waals surface area contributed by atoms with Crippen LogP contribution in [-0.2, 0) is 42.9 Å². The summed E-state index contributed by atoms with van der Waals surface area (Å²) >= 11 is 0. The fourth-order valence-electron chi connectivity index (χ4n) is 3.58. The van der Waals surface area contributed by atoms with Gasteiger partial charge >= 0.3 is 29.9 Å². The monoisotopic (exact) mass is 510 g/mol. The van der Waals surface area contributed by atoms with E-state index in [1.54, 1.807) is 6.92 Å². The molecule has 196 valence electrons. The van der Waals surface area contributed by atoms with E-state index in [4.69, 9.17) is 32.8 Å². The van der Waals surface area contributed by atoms with Crippen molar-refractivity contribution in [3.63, 3.8) is 0 Å². The van der Waals surface area contributed by atoms with Gasteiger partial charge in [0.1, 0.15) is 12.7 Å². The quantitative estimate of drug-likeness (QED) is 0.380. The van der Waals surface area contributed by atoms with E-state index in [9.17, 15) is 19.2 Å². The maximum Gasteiger partial charge on any atom is 0.321 e. The Labute approximate surface area is 204 Å². The third-order valence-corrected chi connectivity index (χ3v) is 4.80. The Bertz CT molecular complexity index is 1150. The van der Waals surface area contributed by atoms with Crippen LogP contribution in [0, 0.1) is 6.92 Å². The summed E-state index contributed by atoms with van der Waals surface area (Å²) in [7, 11) is 1.35. The van der Waals surface area contributed by atoms with Crippen LogP contribution in [0.3, 0.4) is 0 Å². The van der Waals surface area contributed by atoms with Gasteiger partial charge in [-0.2, -0.15) is 9.97 Å². The van der Waals surface area contributed by atoms with Crippen LogP contribution in [-0.4, -0.2) is 83.2 Å². The lowest BCUT2D eigenvalue weighted by Crippen LogP contribution is -2.64. The number of oxazole rings is 1. The van der Waals surface area contributed by atoms with Gasteiger partial charge in [-0.25, -0.2) is 4.98 Å². The molecule has 5 atom stereocenters. The lowest BCUT2D eigenvalue weighted by atomic mass is 9.97. The Hall–Kier alpha value is -4.01. The standard InChI is InChI=1S/C21H26N4O11/c1-8-22-14-18(24-21(30-6)25-19(14)32-8)23-20-17(35-12(5)29)16(34-11(4)28)15(33-10(3)27)13(36-20)7-31-9(2)26/h13,15-17,20H,7H2,1-6H3,(H,23,24,25)/t13-,15-,16+,17-,20-/m1/s1. The van der Waals surface area contributed by atoms with Crippen molar-refractivity contribution >= 4 is 40.9 Å². The van der Waals surface area contributed by atoms with Crippen LogP contribution >= 0.6 is 0 Å². The van der Waals surface area contributed by atoms with E-state index >= 15 is 0 Å². The summed E-state index contributed by atoms with van der Waals surface area (Å²) in [6.07, 6.45) is -6.37. The van der Waals surface area contributed by atoms with Gasteiger partial charge in [0.15, 0.2) is 41.8 Å². The average Bonchev–Trinajstić information content (AvgIpc) is 3.15.